The Morgan fingerprint density at radius 2 is 1.91 bits per heavy atom. The number of rotatable bonds is 5. The van der Waals surface area contributed by atoms with Gasteiger partial charge in [0, 0.05) is 49.7 Å². The average Bonchev–Trinajstić information content (AvgIpc) is 2.99. The first-order chi connectivity index (χ1) is 15.5. The van der Waals surface area contributed by atoms with Gasteiger partial charge >= 0.3 is 0 Å². The number of amides is 1. The molecule has 1 atom stereocenters. The highest BCUT2D eigenvalue weighted by Crippen LogP contribution is 2.23. The van der Waals surface area contributed by atoms with Crippen molar-refractivity contribution in [1.82, 2.24) is 24.8 Å². The highest BCUT2D eigenvalue weighted by Gasteiger charge is 2.29. The highest BCUT2D eigenvalue weighted by molar-refractivity contribution is 5.97. The molecule has 32 heavy (non-hydrogen) atoms. The number of pyridine rings is 1. The smallest absolute Gasteiger partial charge is 0.255 e. The van der Waals surface area contributed by atoms with E-state index >= 15 is 0 Å². The van der Waals surface area contributed by atoms with Gasteiger partial charge in [0.25, 0.3) is 11.5 Å². The maximum atomic E-state index is 13.2. The predicted molar refractivity (Wildman–Crippen MR) is 122 cm³/mol. The predicted octanol–water partition coefficient (Wildman–Crippen LogP) is 2.51. The van der Waals surface area contributed by atoms with Crippen molar-refractivity contribution >= 4 is 5.91 Å². The van der Waals surface area contributed by atoms with E-state index in [0.29, 0.717) is 42.5 Å². The van der Waals surface area contributed by atoms with Crippen LogP contribution in [-0.4, -0.2) is 51.6 Å². The van der Waals surface area contributed by atoms with E-state index in [2.05, 4.69) is 29.0 Å². The zero-order valence-electron chi connectivity index (χ0n) is 18.5. The second kappa shape index (κ2) is 9.32. The lowest BCUT2D eigenvalue weighted by atomic mass is 10.1. The van der Waals surface area contributed by atoms with E-state index in [0.717, 1.165) is 5.56 Å². The molecule has 1 aromatic carbocycles. The lowest BCUT2D eigenvalue weighted by Gasteiger charge is -2.27. The number of nitrogens with one attached hydrogen (secondary N) is 1. The molecule has 0 spiro atoms. The van der Waals surface area contributed by atoms with Crippen molar-refractivity contribution in [3.05, 3.63) is 76.6 Å². The van der Waals surface area contributed by atoms with Crippen molar-refractivity contribution in [1.29, 1.82) is 0 Å². The molecule has 3 heterocycles. The number of carbonyl (C=O) groups is 1. The molecule has 1 unspecified atom stereocenters. The van der Waals surface area contributed by atoms with Crippen molar-refractivity contribution in [2.45, 2.75) is 32.5 Å². The van der Waals surface area contributed by atoms with Gasteiger partial charge < -0.3 is 10.1 Å². The molecule has 0 saturated carbocycles. The van der Waals surface area contributed by atoms with Gasteiger partial charge in [-0.05, 0) is 38.1 Å². The van der Waals surface area contributed by atoms with E-state index in [-0.39, 0.29) is 17.5 Å². The van der Waals surface area contributed by atoms with E-state index in [1.165, 1.54) is 7.11 Å². The van der Waals surface area contributed by atoms with Crippen molar-refractivity contribution in [2.75, 3.05) is 20.2 Å². The van der Waals surface area contributed by atoms with Gasteiger partial charge in [-0.3, -0.25) is 24.0 Å². The molecule has 0 bridgehead atoms. The summed E-state index contributed by atoms with van der Waals surface area (Å²) in [5.74, 6) is 0.777. The molecular weight excluding hydrogens is 406 g/mol. The molecule has 1 amide bonds. The summed E-state index contributed by atoms with van der Waals surface area (Å²) in [6.45, 7) is 5.96. The van der Waals surface area contributed by atoms with Crippen LogP contribution in [0.3, 0.4) is 0 Å². The molecular formula is C24H27N5O3. The SMILES string of the molecule is COc1ccccc1C(=O)NC1CN(C(C)C)CCn2c1nc(-c1ccncc1)cc2=O. The summed E-state index contributed by atoms with van der Waals surface area (Å²) in [7, 11) is 1.54. The number of carbonyl (C=O) groups excluding carboxylic acids is 1. The van der Waals surface area contributed by atoms with Crippen LogP contribution in [0.5, 0.6) is 5.75 Å². The van der Waals surface area contributed by atoms with E-state index < -0.39 is 6.04 Å². The van der Waals surface area contributed by atoms with Crippen LogP contribution in [-0.2, 0) is 6.54 Å². The Morgan fingerprint density at radius 3 is 2.62 bits per heavy atom. The number of benzene rings is 1. The molecule has 166 valence electrons. The zero-order chi connectivity index (χ0) is 22.7. The minimum absolute atomic E-state index is 0.135. The summed E-state index contributed by atoms with van der Waals surface area (Å²) in [6.07, 6.45) is 3.34. The van der Waals surface area contributed by atoms with Crippen molar-refractivity contribution < 1.29 is 9.53 Å². The van der Waals surface area contributed by atoms with Gasteiger partial charge in [-0.2, -0.15) is 0 Å². The fraction of sp³-hybridized carbons (Fsp3) is 0.333. The Kier molecular flexibility index (Phi) is 6.32. The number of hydrogen-bond acceptors (Lipinski definition) is 6. The normalized spacial score (nSPS) is 16.3. The maximum absolute atomic E-state index is 13.2. The van der Waals surface area contributed by atoms with Gasteiger partial charge in [0.05, 0.1) is 18.4 Å². The molecule has 8 nitrogen and oxygen atoms in total. The van der Waals surface area contributed by atoms with Crippen LogP contribution in [0.4, 0.5) is 0 Å². The molecule has 3 aromatic rings. The van der Waals surface area contributed by atoms with Crippen LogP contribution >= 0.6 is 0 Å². The van der Waals surface area contributed by atoms with Gasteiger partial charge in [0.15, 0.2) is 0 Å². The standard InChI is InChI=1S/C24H27N5O3/c1-16(2)28-12-13-29-22(30)14-19(17-8-10-25-11-9-17)26-23(29)20(15-28)27-24(31)18-6-4-5-7-21(18)32-3/h4-11,14,16,20H,12-13,15H2,1-3H3,(H,27,31). The van der Waals surface area contributed by atoms with Crippen LogP contribution in [0.25, 0.3) is 11.3 Å². The second-order valence-electron chi connectivity index (χ2n) is 8.04. The minimum atomic E-state index is -0.466. The van der Waals surface area contributed by atoms with Crippen LogP contribution in [0.15, 0.2) is 59.7 Å². The summed E-state index contributed by atoms with van der Waals surface area (Å²) in [6, 6.07) is 12.1. The average molecular weight is 434 g/mol. The topological polar surface area (TPSA) is 89.3 Å². The largest absolute Gasteiger partial charge is 0.496 e. The highest BCUT2D eigenvalue weighted by atomic mass is 16.5. The summed E-state index contributed by atoms with van der Waals surface area (Å²) < 4.78 is 7.02. The monoisotopic (exact) mass is 433 g/mol. The molecule has 2 aromatic heterocycles. The fourth-order valence-corrected chi connectivity index (χ4v) is 3.97. The Labute approximate surface area is 186 Å². The number of fused-ring (bicyclic) bond motifs is 1. The van der Waals surface area contributed by atoms with Crippen LogP contribution in [0.2, 0.25) is 0 Å². The van der Waals surface area contributed by atoms with Gasteiger partial charge in [-0.1, -0.05) is 12.1 Å². The third kappa shape index (κ3) is 4.40. The number of nitrogens with zero attached hydrogens (tertiary/aromatic N) is 4. The fourth-order valence-electron chi connectivity index (χ4n) is 3.97. The second-order valence-corrected chi connectivity index (χ2v) is 8.04. The third-order valence-corrected chi connectivity index (χ3v) is 5.74. The van der Waals surface area contributed by atoms with E-state index in [1.54, 1.807) is 41.2 Å². The van der Waals surface area contributed by atoms with Gasteiger partial charge in [0.2, 0.25) is 0 Å². The summed E-state index contributed by atoms with van der Waals surface area (Å²) >= 11 is 0. The van der Waals surface area contributed by atoms with Crippen LogP contribution < -0.4 is 15.6 Å². The first kappa shape index (κ1) is 21.7. The van der Waals surface area contributed by atoms with E-state index in [1.807, 2.05) is 18.2 Å². The first-order valence-electron chi connectivity index (χ1n) is 10.7. The Hall–Kier alpha value is -3.52. The van der Waals surface area contributed by atoms with Crippen molar-refractivity contribution in [3.63, 3.8) is 0 Å². The Bertz CT molecular complexity index is 1160. The first-order valence-corrected chi connectivity index (χ1v) is 10.7. The van der Waals surface area contributed by atoms with Gasteiger partial charge in [-0.15, -0.1) is 0 Å². The zero-order valence-corrected chi connectivity index (χ0v) is 18.5. The molecule has 0 fully saturated rings. The van der Waals surface area contributed by atoms with Gasteiger partial charge in [0.1, 0.15) is 17.6 Å². The summed E-state index contributed by atoms with van der Waals surface area (Å²) in [5, 5.41) is 3.10. The third-order valence-electron chi connectivity index (χ3n) is 5.74. The Balaban J connectivity index is 1.77. The molecule has 0 saturated heterocycles. The molecule has 0 aliphatic carbocycles. The lowest BCUT2D eigenvalue weighted by Crippen LogP contribution is -2.40. The van der Waals surface area contributed by atoms with Crippen LogP contribution in [0, 0.1) is 0 Å². The number of aromatic nitrogens is 3. The van der Waals surface area contributed by atoms with E-state index in [4.69, 9.17) is 9.72 Å². The number of hydrogen-bond donors (Lipinski definition) is 1. The summed E-state index contributed by atoms with van der Waals surface area (Å²) in [4.78, 5) is 37.4. The lowest BCUT2D eigenvalue weighted by molar-refractivity contribution is 0.0916. The molecule has 8 heteroatoms. The van der Waals surface area contributed by atoms with Gasteiger partial charge in [-0.25, -0.2) is 4.98 Å². The quantitative estimate of drug-likeness (QED) is 0.665. The number of methoxy groups -OCH3 is 1. The van der Waals surface area contributed by atoms with E-state index in [9.17, 15) is 9.59 Å². The molecule has 0 radical (unpaired) electrons. The molecule has 1 N–H and O–H groups in total. The Morgan fingerprint density at radius 1 is 1.16 bits per heavy atom. The van der Waals surface area contributed by atoms with Crippen molar-refractivity contribution in [3.8, 4) is 17.0 Å². The number of para-hydroxylation sites is 1. The summed E-state index contributed by atoms with van der Waals surface area (Å²) in [5.41, 5.74) is 1.68. The van der Waals surface area contributed by atoms with Crippen LogP contribution in [0.1, 0.15) is 36.1 Å². The molecule has 1 aliphatic heterocycles. The minimum Gasteiger partial charge on any atom is -0.496 e. The van der Waals surface area contributed by atoms with Crippen molar-refractivity contribution in [2.24, 2.45) is 0 Å². The molecule has 4 rings (SSSR count). The number of ether oxygens (including phenoxy) is 1. The molecule has 1 aliphatic rings. The maximum Gasteiger partial charge on any atom is 0.255 e.